The summed E-state index contributed by atoms with van der Waals surface area (Å²) in [6.07, 6.45) is 1.27. The van der Waals surface area contributed by atoms with Gasteiger partial charge in [-0.3, -0.25) is 4.79 Å². The Morgan fingerprint density at radius 1 is 1.13 bits per heavy atom. The minimum absolute atomic E-state index is 0.107. The van der Waals surface area contributed by atoms with Gasteiger partial charge in [-0.25, -0.2) is 4.39 Å². The topological polar surface area (TPSA) is 17.1 Å². The van der Waals surface area contributed by atoms with Gasteiger partial charge in [0, 0.05) is 15.4 Å². The van der Waals surface area contributed by atoms with Crippen molar-refractivity contribution in [1.29, 1.82) is 0 Å². The molecule has 23 heavy (non-hydrogen) atoms. The predicted molar refractivity (Wildman–Crippen MR) is 94.9 cm³/mol. The molecule has 1 nitrogen and oxygen atoms in total. The molecule has 0 radical (unpaired) electrons. The van der Waals surface area contributed by atoms with Crippen molar-refractivity contribution in [3.05, 3.63) is 72.1 Å². The van der Waals surface area contributed by atoms with Crippen molar-refractivity contribution >= 4 is 29.5 Å². The van der Waals surface area contributed by atoms with Crippen molar-refractivity contribution in [1.82, 2.24) is 0 Å². The Hall–Kier alpha value is -2.40. The molecule has 0 saturated heterocycles. The van der Waals surface area contributed by atoms with Crippen LogP contribution in [0.15, 0.2) is 64.9 Å². The van der Waals surface area contributed by atoms with Gasteiger partial charge < -0.3 is 0 Å². The molecule has 0 fully saturated rings. The molecule has 0 saturated carbocycles. The van der Waals surface area contributed by atoms with E-state index in [4.69, 9.17) is 0 Å². The standard InChI is InChI=1S/C19H11FOS2/c1-2-19(21)23-17-11-7-14(8-12-17)5-3-4-6-15-9-10-16(22)13-18(15)20/h2,7-13,22H,1H2. The highest BCUT2D eigenvalue weighted by Gasteiger charge is 1.99. The van der Waals surface area contributed by atoms with Crippen LogP contribution in [-0.4, -0.2) is 5.12 Å². The molecule has 0 atom stereocenters. The summed E-state index contributed by atoms with van der Waals surface area (Å²) < 4.78 is 13.5. The average Bonchev–Trinajstić information content (AvgIpc) is 2.54. The van der Waals surface area contributed by atoms with Gasteiger partial charge in [0.2, 0.25) is 5.12 Å². The van der Waals surface area contributed by atoms with Crippen molar-refractivity contribution in [3.8, 4) is 23.7 Å². The van der Waals surface area contributed by atoms with Crippen LogP contribution in [0.2, 0.25) is 0 Å². The number of thioether (sulfide) groups is 1. The molecule has 2 aromatic carbocycles. The zero-order valence-electron chi connectivity index (χ0n) is 12.0. The lowest BCUT2D eigenvalue weighted by Gasteiger charge is -1.96. The molecule has 0 amide bonds. The number of hydrogen-bond donors (Lipinski definition) is 1. The van der Waals surface area contributed by atoms with E-state index in [1.807, 2.05) is 0 Å². The third-order valence-corrected chi connectivity index (χ3v) is 3.81. The number of rotatable bonds is 2. The zero-order chi connectivity index (χ0) is 16.7. The van der Waals surface area contributed by atoms with Crippen LogP contribution in [0.25, 0.3) is 0 Å². The Kier molecular flexibility index (Phi) is 6.11. The molecule has 0 aliphatic rings. The summed E-state index contributed by atoms with van der Waals surface area (Å²) in [5.74, 6) is 10.4. The van der Waals surface area contributed by atoms with Gasteiger partial charge >= 0.3 is 0 Å². The second kappa shape index (κ2) is 8.29. The molecule has 0 aliphatic heterocycles. The van der Waals surface area contributed by atoms with Gasteiger partial charge in [-0.2, -0.15) is 0 Å². The van der Waals surface area contributed by atoms with Crippen LogP contribution in [0, 0.1) is 29.5 Å². The lowest BCUT2D eigenvalue weighted by molar-refractivity contribution is -0.107. The Bertz CT molecular complexity index is 862. The molecule has 2 rings (SSSR count). The first kappa shape index (κ1) is 17.0. The summed E-state index contributed by atoms with van der Waals surface area (Å²) in [7, 11) is 0. The fourth-order valence-corrected chi connectivity index (χ4v) is 2.35. The third kappa shape index (κ3) is 5.38. The molecule has 0 aliphatic carbocycles. The van der Waals surface area contributed by atoms with Gasteiger partial charge in [0.25, 0.3) is 0 Å². The lowest BCUT2D eigenvalue weighted by atomic mass is 10.2. The Morgan fingerprint density at radius 2 is 1.83 bits per heavy atom. The SMILES string of the molecule is C=CC(=O)Sc1ccc(C#CC#Cc2ccc(S)cc2F)cc1. The van der Waals surface area contributed by atoms with E-state index in [9.17, 15) is 9.18 Å². The maximum atomic E-state index is 13.5. The van der Waals surface area contributed by atoms with Crippen LogP contribution in [0.1, 0.15) is 11.1 Å². The summed E-state index contributed by atoms with van der Waals surface area (Å²) >= 11 is 5.15. The molecular formula is C19H11FOS2. The predicted octanol–water partition coefficient (Wildman–Crippen LogP) is 4.32. The quantitative estimate of drug-likeness (QED) is 0.380. The number of thiol groups is 1. The number of halogens is 1. The van der Waals surface area contributed by atoms with Crippen LogP contribution < -0.4 is 0 Å². The summed E-state index contributed by atoms with van der Waals surface area (Å²) in [6, 6.07) is 11.7. The summed E-state index contributed by atoms with van der Waals surface area (Å²) in [4.78, 5) is 12.6. The van der Waals surface area contributed by atoms with Crippen LogP contribution in [0.4, 0.5) is 4.39 Å². The van der Waals surface area contributed by atoms with E-state index in [0.717, 1.165) is 22.2 Å². The van der Waals surface area contributed by atoms with E-state index in [2.05, 4.69) is 42.9 Å². The fraction of sp³-hybridized carbons (Fsp3) is 0. The third-order valence-electron chi connectivity index (χ3n) is 2.66. The molecule has 0 heterocycles. The second-order valence-electron chi connectivity index (χ2n) is 4.31. The summed E-state index contributed by atoms with van der Waals surface area (Å²) in [6.45, 7) is 3.42. The Labute approximate surface area is 144 Å². The molecule has 0 unspecified atom stereocenters. The number of carbonyl (C=O) groups is 1. The van der Waals surface area contributed by atoms with E-state index in [1.54, 1.807) is 36.4 Å². The first-order valence-electron chi connectivity index (χ1n) is 6.53. The van der Waals surface area contributed by atoms with Gasteiger partial charge in [0.05, 0.1) is 5.56 Å². The minimum Gasteiger partial charge on any atom is -0.282 e. The van der Waals surface area contributed by atoms with Crippen molar-refractivity contribution in [2.75, 3.05) is 0 Å². The maximum absolute atomic E-state index is 13.5. The smallest absolute Gasteiger partial charge is 0.216 e. The highest BCUT2D eigenvalue weighted by molar-refractivity contribution is 8.14. The maximum Gasteiger partial charge on any atom is 0.216 e. The summed E-state index contributed by atoms with van der Waals surface area (Å²) in [5, 5.41) is -0.107. The van der Waals surface area contributed by atoms with E-state index < -0.39 is 5.82 Å². The highest BCUT2D eigenvalue weighted by Crippen LogP contribution is 2.19. The van der Waals surface area contributed by atoms with Crippen LogP contribution in [0.5, 0.6) is 0 Å². The fourth-order valence-electron chi connectivity index (χ4n) is 1.57. The number of benzene rings is 2. The van der Waals surface area contributed by atoms with E-state index in [1.165, 1.54) is 12.1 Å². The number of hydrogen-bond acceptors (Lipinski definition) is 3. The van der Waals surface area contributed by atoms with E-state index >= 15 is 0 Å². The first-order valence-corrected chi connectivity index (χ1v) is 7.79. The van der Waals surface area contributed by atoms with Crippen molar-refractivity contribution in [3.63, 3.8) is 0 Å². The van der Waals surface area contributed by atoms with Gasteiger partial charge in [-0.05, 0) is 78.1 Å². The molecule has 0 bridgehead atoms. The van der Waals surface area contributed by atoms with Crippen LogP contribution in [0.3, 0.4) is 0 Å². The minimum atomic E-state index is -0.417. The van der Waals surface area contributed by atoms with Gasteiger partial charge in [-0.1, -0.05) is 12.5 Å². The lowest BCUT2D eigenvalue weighted by Crippen LogP contribution is -1.83. The summed E-state index contributed by atoms with van der Waals surface area (Å²) in [5.41, 5.74) is 1.05. The molecule has 4 heteroatoms. The van der Waals surface area contributed by atoms with Gasteiger partial charge in [0.15, 0.2) is 0 Å². The Balaban J connectivity index is 2.06. The normalized spacial score (nSPS) is 9.13. The van der Waals surface area contributed by atoms with E-state index in [-0.39, 0.29) is 10.7 Å². The van der Waals surface area contributed by atoms with Crippen LogP contribution in [-0.2, 0) is 4.79 Å². The van der Waals surface area contributed by atoms with Crippen molar-refractivity contribution < 1.29 is 9.18 Å². The van der Waals surface area contributed by atoms with Crippen molar-refractivity contribution in [2.45, 2.75) is 9.79 Å². The number of carbonyl (C=O) groups excluding carboxylic acids is 1. The second-order valence-corrected chi connectivity index (χ2v) is 5.91. The van der Waals surface area contributed by atoms with E-state index in [0.29, 0.717) is 4.90 Å². The van der Waals surface area contributed by atoms with Crippen molar-refractivity contribution in [2.24, 2.45) is 0 Å². The monoisotopic (exact) mass is 338 g/mol. The average molecular weight is 338 g/mol. The highest BCUT2D eigenvalue weighted by atomic mass is 32.2. The van der Waals surface area contributed by atoms with Gasteiger partial charge in [-0.15, -0.1) is 12.6 Å². The molecule has 0 N–H and O–H groups in total. The van der Waals surface area contributed by atoms with Crippen LogP contribution >= 0.6 is 24.4 Å². The van der Waals surface area contributed by atoms with Gasteiger partial charge in [0.1, 0.15) is 5.82 Å². The molecule has 0 spiro atoms. The molecule has 0 aromatic heterocycles. The largest absolute Gasteiger partial charge is 0.282 e. The molecule has 112 valence electrons. The Morgan fingerprint density at radius 3 is 2.48 bits per heavy atom. The zero-order valence-corrected chi connectivity index (χ0v) is 13.7. The first-order chi connectivity index (χ1) is 11.1. The molecular weight excluding hydrogens is 327 g/mol. The molecule has 2 aromatic rings.